The second-order valence-electron chi connectivity index (χ2n) is 4.70. The zero-order valence-corrected chi connectivity index (χ0v) is 11.3. The lowest BCUT2D eigenvalue weighted by Gasteiger charge is -2.40. The first kappa shape index (κ1) is 11.1. The monoisotopic (exact) mass is 317 g/mol. The molecule has 1 saturated carbocycles. The Morgan fingerprint density at radius 1 is 1.33 bits per heavy atom. The first-order chi connectivity index (χ1) is 7.08. The van der Waals surface area contributed by atoms with E-state index in [2.05, 4.69) is 51.7 Å². The van der Waals surface area contributed by atoms with Crippen molar-refractivity contribution in [3.63, 3.8) is 0 Å². The number of nitrogens with one attached hydrogen (secondary N) is 1. The third kappa shape index (κ3) is 2.59. The molecular weight excluding hydrogens is 301 g/mol. The highest BCUT2D eigenvalue weighted by Crippen LogP contribution is 2.37. The molecule has 15 heavy (non-hydrogen) atoms. The van der Waals surface area contributed by atoms with Crippen LogP contribution >= 0.6 is 22.6 Å². The first-order valence-electron chi connectivity index (χ1n) is 5.34. The van der Waals surface area contributed by atoms with Gasteiger partial charge in [0.15, 0.2) is 0 Å². The fourth-order valence-corrected chi connectivity index (χ4v) is 2.18. The smallest absolute Gasteiger partial charge is 0.223 e. The molecule has 0 amide bonds. The van der Waals surface area contributed by atoms with Crippen molar-refractivity contribution in [3.05, 3.63) is 16.0 Å². The van der Waals surface area contributed by atoms with Gasteiger partial charge in [-0.1, -0.05) is 6.42 Å². The average molecular weight is 317 g/mol. The van der Waals surface area contributed by atoms with E-state index in [0.29, 0.717) is 0 Å². The van der Waals surface area contributed by atoms with Crippen molar-refractivity contribution >= 4 is 28.5 Å². The van der Waals surface area contributed by atoms with Gasteiger partial charge < -0.3 is 5.32 Å². The summed E-state index contributed by atoms with van der Waals surface area (Å²) in [7, 11) is 0. The minimum absolute atomic E-state index is 0.116. The number of hydrogen-bond donors (Lipinski definition) is 1. The summed E-state index contributed by atoms with van der Waals surface area (Å²) in [5, 5.41) is 3.42. The number of aromatic nitrogens is 2. The largest absolute Gasteiger partial charge is 0.349 e. The molecule has 4 heteroatoms. The fourth-order valence-electron chi connectivity index (χ4n) is 1.90. The fraction of sp³-hybridized carbons (Fsp3) is 0.636. The Kier molecular flexibility index (Phi) is 3.13. The van der Waals surface area contributed by atoms with Crippen molar-refractivity contribution in [1.29, 1.82) is 0 Å². The van der Waals surface area contributed by atoms with Crippen LogP contribution in [0.25, 0.3) is 0 Å². The first-order valence-corrected chi connectivity index (χ1v) is 6.41. The van der Waals surface area contributed by atoms with Gasteiger partial charge in [0.25, 0.3) is 0 Å². The van der Waals surface area contributed by atoms with E-state index in [4.69, 9.17) is 0 Å². The molecule has 0 spiro atoms. The molecule has 1 aliphatic carbocycles. The Morgan fingerprint density at radius 2 is 1.93 bits per heavy atom. The van der Waals surface area contributed by atoms with Crippen LogP contribution < -0.4 is 5.32 Å². The molecule has 1 fully saturated rings. The van der Waals surface area contributed by atoms with E-state index in [1.807, 2.05) is 12.4 Å². The molecule has 0 aliphatic heterocycles. The lowest BCUT2D eigenvalue weighted by Crippen LogP contribution is -2.43. The molecule has 0 bridgehead atoms. The van der Waals surface area contributed by atoms with Gasteiger partial charge in [0.1, 0.15) is 0 Å². The van der Waals surface area contributed by atoms with Crippen LogP contribution in [0, 0.1) is 9.49 Å². The molecule has 3 nitrogen and oxygen atoms in total. The number of hydrogen-bond acceptors (Lipinski definition) is 3. The van der Waals surface area contributed by atoms with Crippen LogP contribution in [0.3, 0.4) is 0 Å². The van der Waals surface area contributed by atoms with Crippen molar-refractivity contribution in [3.8, 4) is 0 Å². The van der Waals surface area contributed by atoms with Crippen molar-refractivity contribution in [2.75, 3.05) is 5.32 Å². The van der Waals surface area contributed by atoms with Crippen LogP contribution in [0.4, 0.5) is 5.95 Å². The molecule has 0 aromatic carbocycles. The summed E-state index contributed by atoms with van der Waals surface area (Å²) in [6.45, 7) is 4.47. The molecule has 0 atom stereocenters. The van der Waals surface area contributed by atoms with E-state index in [9.17, 15) is 0 Å². The molecule has 0 saturated heterocycles. The lowest BCUT2D eigenvalue weighted by atomic mass is 9.73. The standard InChI is InChI=1S/C11H16IN3/c1-11(2,8-4-3-5-8)15-10-13-6-9(12)7-14-10/h6-8H,3-5H2,1-2H3,(H,13,14,15). The van der Waals surface area contributed by atoms with Gasteiger partial charge in [-0.2, -0.15) is 0 Å². The SMILES string of the molecule is CC(C)(Nc1ncc(I)cn1)C1CCC1. The maximum atomic E-state index is 4.27. The maximum Gasteiger partial charge on any atom is 0.223 e. The lowest BCUT2D eigenvalue weighted by molar-refractivity contribution is 0.215. The molecule has 1 aromatic heterocycles. The highest BCUT2D eigenvalue weighted by molar-refractivity contribution is 14.1. The molecular formula is C11H16IN3. The number of anilines is 1. The number of halogens is 1. The Labute approximate surface area is 104 Å². The topological polar surface area (TPSA) is 37.8 Å². The molecule has 0 unspecified atom stereocenters. The van der Waals surface area contributed by atoms with Crippen LogP contribution in [0.15, 0.2) is 12.4 Å². The second kappa shape index (κ2) is 4.23. The molecule has 1 heterocycles. The molecule has 0 radical (unpaired) electrons. The Balaban J connectivity index is 2.03. The normalized spacial score (nSPS) is 17.3. The Morgan fingerprint density at radius 3 is 2.40 bits per heavy atom. The van der Waals surface area contributed by atoms with Gasteiger partial charge in [-0.15, -0.1) is 0 Å². The quantitative estimate of drug-likeness (QED) is 0.871. The minimum Gasteiger partial charge on any atom is -0.349 e. The van der Waals surface area contributed by atoms with E-state index in [1.54, 1.807) is 0 Å². The molecule has 82 valence electrons. The van der Waals surface area contributed by atoms with Gasteiger partial charge in [0.05, 0.1) is 0 Å². The van der Waals surface area contributed by atoms with Crippen molar-refractivity contribution < 1.29 is 0 Å². The summed E-state index contributed by atoms with van der Waals surface area (Å²) >= 11 is 2.21. The Hall–Kier alpha value is -0.390. The van der Waals surface area contributed by atoms with Gasteiger partial charge in [-0.05, 0) is 55.2 Å². The van der Waals surface area contributed by atoms with E-state index < -0.39 is 0 Å². The predicted molar refractivity (Wildman–Crippen MR) is 69.8 cm³/mol. The minimum atomic E-state index is 0.116. The van der Waals surface area contributed by atoms with E-state index >= 15 is 0 Å². The predicted octanol–water partition coefficient (Wildman–Crippen LogP) is 3.07. The molecule has 2 rings (SSSR count). The van der Waals surface area contributed by atoms with Crippen LogP contribution in [0.1, 0.15) is 33.1 Å². The van der Waals surface area contributed by atoms with Gasteiger partial charge >= 0.3 is 0 Å². The zero-order chi connectivity index (χ0) is 10.9. The van der Waals surface area contributed by atoms with Crippen molar-refractivity contribution in [2.24, 2.45) is 5.92 Å². The second-order valence-corrected chi connectivity index (χ2v) is 5.95. The summed E-state index contributed by atoms with van der Waals surface area (Å²) in [6.07, 6.45) is 7.69. The van der Waals surface area contributed by atoms with Crippen LogP contribution in [0.5, 0.6) is 0 Å². The summed E-state index contributed by atoms with van der Waals surface area (Å²) in [4.78, 5) is 8.55. The molecule has 1 aliphatic rings. The molecule has 1 N–H and O–H groups in total. The van der Waals surface area contributed by atoms with Gasteiger partial charge in [-0.25, -0.2) is 9.97 Å². The van der Waals surface area contributed by atoms with Gasteiger partial charge in [-0.3, -0.25) is 0 Å². The summed E-state index contributed by atoms with van der Waals surface area (Å²) in [5.74, 6) is 1.51. The van der Waals surface area contributed by atoms with Crippen LogP contribution in [-0.4, -0.2) is 15.5 Å². The van der Waals surface area contributed by atoms with E-state index in [-0.39, 0.29) is 5.54 Å². The average Bonchev–Trinajstić information content (AvgIpc) is 2.04. The van der Waals surface area contributed by atoms with E-state index in [0.717, 1.165) is 15.4 Å². The summed E-state index contributed by atoms with van der Waals surface area (Å²) < 4.78 is 1.07. The van der Waals surface area contributed by atoms with Crippen molar-refractivity contribution in [2.45, 2.75) is 38.6 Å². The maximum absolute atomic E-state index is 4.27. The third-order valence-electron chi connectivity index (χ3n) is 3.18. The number of rotatable bonds is 3. The van der Waals surface area contributed by atoms with E-state index in [1.165, 1.54) is 19.3 Å². The molecule has 1 aromatic rings. The highest BCUT2D eigenvalue weighted by atomic mass is 127. The van der Waals surface area contributed by atoms with Crippen LogP contribution in [0.2, 0.25) is 0 Å². The third-order valence-corrected chi connectivity index (χ3v) is 3.74. The highest BCUT2D eigenvalue weighted by Gasteiger charge is 2.34. The van der Waals surface area contributed by atoms with Crippen LogP contribution in [-0.2, 0) is 0 Å². The summed E-state index contributed by atoms with van der Waals surface area (Å²) in [5.41, 5.74) is 0.116. The van der Waals surface area contributed by atoms with Gasteiger partial charge in [0, 0.05) is 21.5 Å². The van der Waals surface area contributed by atoms with Crippen molar-refractivity contribution in [1.82, 2.24) is 9.97 Å². The Bertz CT molecular complexity index is 330. The van der Waals surface area contributed by atoms with Gasteiger partial charge in [0.2, 0.25) is 5.95 Å². The zero-order valence-electron chi connectivity index (χ0n) is 9.13. The number of nitrogens with zero attached hydrogens (tertiary/aromatic N) is 2. The summed E-state index contributed by atoms with van der Waals surface area (Å²) in [6, 6.07) is 0.